The second-order valence-corrected chi connectivity index (χ2v) is 4.82. The Hall–Kier alpha value is -1.13. The molecule has 0 aromatic heterocycles. The molecule has 0 heterocycles. The summed E-state index contributed by atoms with van der Waals surface area (Å²) in [5.74, 6) is -1.22. The van der Waals surface area contributed by atoms with Gasteiger partial charge in [0.25, 0.3) is 0 Å². The van der Waals surface area contributed by atoms with Crippen LogP contribution in [0.2, 0.25) is 5.02 Å². The lowest BCUT2D eigenvalue weighted by Crippen LogP contribution is -2.02. The van der Waals surface area contributed by atoms with Gasteiger partial charge in [-0.3, -0.25) is 0 Å². The van der Waals surface area contributed by atoms with Crippen LogP contribution < -0.4 is 4.74 Å². The second kappa shape index (κ2) is 6.35. The number of alkyl halides is 1. The summed E-state index contributed by atoms with van der Waals surface area (Å²) in [5, 5.41) is 1.09. The van der Waals surface area contributed by atoms with Gasteiger partial charge in [-0.05, 0) is 18.2 Å². The highest BCUT2D eigenvalue weighted by molar-refractivity contribution is 9.08. The van der Waals surface area contributed by atoms with Crippen molar-refractivity contribution < 1.29 is 13.5 Å². The standard InChI is InChI=1S/C14H10BrClF2O/c15-7-10-11(16)4-2-6-13(10)19-8-9-3-1-5-12(17)14(9)18/h1-6H,7-8H2. The summed E-state index contributed by atoms with van der Waals surface area (Å²) in [5.41, 5.74) is 0.946. The van der Waals surface area contributed by atoms with Crippen LogP contribution in [0.3, 0.4) is 0 Å². The number of hydrogen-bond acceptors (Lipinski definition) is 1. The Bertz CT molecular complexity index is 590. The van der Waals surface area contributed by atoms with E-state index in [1.54, 1.807) is 18.2 Å². The molecule has 0 bridgehead atoms. The highest BCUT2D eigenvalue weighted by atomic mass is 79.9. The molecule has 0 aliphatic heterocycles. The van der Waals surface area contributed by atoms with Crippen molar-refractivity contribution in [1.82, 2.24) is 0 Å². The summed E-state index contributed by atoms with van der Waals surface area (Å²) in [6.45, 7) is -0.0517. The Balaban J connectivity index is 2.19. The minimum atomic E-state index is -0.884. The maximum Gasteiger partial charge on any atom is 0.165 e. The molecule has 0 unspecified atom stereocenters. The van der Waals surface area contributed by atoms with Crippen molar-refractivity contribution >= 4 is 27.5 Å². The molecule has 0 saturated heterocycles. The van der Waals surface area contributed by atoms with Gasteiger partial charge in [-0.15, -0.1) is 0 Å². The molecule has 100 valence electrons. The Morgan fingerprint density at radius 2 is 1.84 bits per heavy atom. The minimum absolute atomic E-state index is 0.0517. The number of halogens is 4. The average Bonchev–Trinajstić information content (AvgIpc) is 2.40. The zero-order chi connectivity index (χ0) is 13.8. The van der Waals surface area contributed by atoms with Crippen molar-refractivity contribution in [3.63, 3.8) is 0 Å². The van der Waals surface area contributed by atoms with Crippen molar-refractivity contribution in [1.29, 1.82) is 0 Å². The zero-order valence-electron chi connectivity index (χ0n) is 9.80. The van der Waals surface area contributed by atoms with Crippen LogP contribution in [0, 0.1) is 11.6 Å². The van der Waals surface area contributed by atoms with Crippen LogP contribution >= 0.6 is 27.5 Å². The fourth-order valence-corrected chi connectivity index (χ4v) is 2.59. The number of benzene rings is 2. The molecule has 2 rings (SSSR count). The van der Waals surface area contributed by atoms with Gasteiger partial charge in [-0.2, -0.15) is 0 Å². The Morgan fingerprint density at radius 1 is 1.11 bits per heavy atom. The first-order chi connectivity index (χ1) is 9.13. The summed E-state index contributed by atoms with van der Waals surface area (Å²) >= 11 is 9.34. The predicted octanol–water partition coefficient (Wildman–Crippen LogP) is 5.09. The van der Waals surface area contributed by atoms with E-state index in [0.29, 0.717) is 16.1 Å². The highest BCUT2D eigenvalue weighted by Gasteiger charge is 2.10. The van der Waals surface area contributed by atoms with Crippen molar-refractivity contribution in [2.24, 2.45) is 0 Å². The molecule has 0 fully saturated rings. The minimum Gasteiger partial charge on any atom is -0.488 e. The molecule has 0 saturated carbocycles. The largest absolute Gasteiger partial charge is 0.488 e. The van der Waals surface area contributed by atoms with Gasteiger partial charge in [0.05, 0.1) is 0 Å². The molecular formula is C14H10BrClF2O. The van der Waals surface area contributed by atoms with Gasteiger partial charge in [0.2, 0.25) is 0 Å². The van der Waals surface area contributed by atoms with E-state index in [1.807, 2.05) is 0 Å². The number of ether oxygens (including phenoxy) is 1. The fourth-order valence-electron chi connectivity index (χ4n) is 1.62. The normalized spacial score (nSPS) is 10.5. The molecule has 0 aliphatic carbocycles. The van der Waals surface area contributed by atoms with Gasteiger partial charge in [-0.25, -0.2) is 8.78 Å². The van der Waals surface area contributed by atoms with Crippen LogP contribution in [-0.4, -0.2) is 0 Å². The van der Waals surface area contributed by atoms with E-state index in [4.69, 9.17) is 16.3 Å². The van der Waals surface area contributed by atoms with E-state index < -0.39 is 11.6 Å². The third-order valence-electron chi connectivity index (χ3n) is 2.62. The maximum absolute atomic E-state index is 13.5. The second-order valence-electron chi connectivity index (χ2n) is 3.85. The lowest BCUT2D eigenvalue weighted by molar-refractivity contribution is 0.295. The predicted molar refractivity (Wildman–Crippen MR) is 74.8 cm³/mol. The van der Waals surface area contributed by atoms with Crippen molar-refractivity contribution in [3.05, 3.63) is 64.2 Å². The first-order valence-electron chi connectivity index (χ1n) is 5.52. The van der Waals surface area contributed by atoms with E-state index >= 15 is 0 Å². The van der Waals surface area contributed by atoms with E-state index in [0.717, 1.165) is 11.6 Å². The van der Waals surface area contributed by atoms with Gasteiger partial charge in [0, 0.05) is 21.5 Å². The fraction of sp³-hybridized carbons (Fsp3) is 0.143. The summed E-state index contributed by atoms with van der Waals surface area (Å²) in [4.78, 5) is 0. The lowest BCUT2D eigenvalue weighted by atomic mass is 10.2. The first-order valence-corrected chi connectivity index (χ1v) is 7.02. The van der Waals surface area contributed by atoms with Crippen LogP contribution in [0.25, 0.3) is 0 Å². The van der Waals surface area contributed by atoms with Crippen molar-refractivity contribution in [2.45, 2.75) is 11.9 Å². The zero-order valence-corrected chi connectivity index (χ0v) is 12.1. The first kappa shape index (κ1) is 14.3. The number of rotatable bonds is 4. The Labute approximate surface area is 123 Å². The molecule has 19 heavy (non-hydrogen) atoms. The summed E-state index contributed by atoms with van der Waals surface area (Å²) in [6, 6.07) is 9.22. The van der Waals surface area contributed by atoms with E-state index in [1.165, 1.54) is 12.1 Å². The van der Waals surface area contributed by atoms with Gasteiger partial charge in [0.15, 0.2) is 11.6 Å². The third-order valence-corrected chi connectivity index (χ3v) is 3.54. The van der Waals surface area contributed by atoms with Gasteiger partial charge in [-0.1, -0.05) is 45.7 Å². The molecule has 0 radical (unpaired) electrons. The molecule has 1 nitrogen and oxygen atoms in total. The topological polar surface area (TPSA) is 9.23 Å². The summed E-state index contributed by atoms with van der Waals surface area (Å²) < 4.78 is 32.0. The quantitative estimate of drug-likeness (QED) is 0.700. The number of hydrogen-bond donors (Lipinski definition) is 0. The summed E-state index contributed by atoms with van der Waals surface area (Å²) in [6.07, 6.45) is 0. The van der Waals surface area contributed by atoms with Gasteiger partial charge < -0.3 is 4.74 Å². The van der Waals surface area contributed by atoms with Crippen LogP contribution in [0.15, 0.2) is 36.4 Å². The van der Waals surface area contributed by atoms with Crippen LogP contribution in [0.4, 0.5) is 8.78 Å². The monoisotopic (exact) mass is 346 g/mol. The van der Waals surface area contributed by atoms with Crippen molar-refractivity contribution in [3.8, 4) is 5.75 Å². The molecule has 0 spiro atoms. The van der Waals surface area contributed by atoms with E-state index in [9.17, 15) is 8.78 Å². The highest BCUT2D eigenvalue weighted by Crippen LogP contribution is 2.29. The molecule has 5 heteroatoms. The molecule has 0 amide bonds. The van der Waals surface area contributed by atoms with Crippen molar-refractivity contribution in [2.75, 3.05) is 0 Å². The molecule has 0 atom stereocenters. The maximum atomic E-state index is 13.5. The van der Waals surface area contributed by atoms with Gasteiger partial charge in [0.1, 0.15) is 12.4 Å². The molecule has 0 N–H and O–H groups in total. The van der Waals surface area contributed by atoms with Crippen LogP contribution in [-0.2, 0) is 11.9 Å². The molecule has 2 aromatic carbocycles. The third kappa shape index (κ3) is 3.25. The van der Waals surface area contributed by atoms with Crippen LogP contribution in [0.5, 0.6) is 5.75 Å². The smallest absolute Gasteiger partial charge is 0.165 e. The summed E-state index contributed by atoms with van der Waals surface area (Å²) in [7, 11) is 0. The Kier molecular flexibility index (Phi) is 4.77. The average molecular weight is 348 g/mol. The SMILES string of the molecule is Fc1cccc(COc2cccc(Cl)c2CBr)c1F. The van der Waals surface area contributed by atoms with Gasteiger partial charge >= 0.3 is 0 Å². The molecular weight excluding hydrogens is 338 g/mol. The van der Waals surface area contributed by atoms with Crippen LogP contribution in [0.1, 0.15) is 11.1 Å². The van der Waals surface area contributed by atoms with E-state index in [2.05, 4.69) is 15.9 Å². The molecule has 0 aliphatic rings. The molecule has 2 aromatic rings. The Morgan fingerprint density at radius 3 is 2.58 bits per heavy atom. The van der Waals surface area contributed by atoms with E-state index in [-0.39, 0.29) is 12.2 Å². The lowest BCUT2D eigenvalue weighted by Gasteiger charge is -2.11.